The molecule has 4 heteroatoms. The van der Waals surface area contributed by atoms with Gasteiger partial charge in [-0.1, -0.05) is 19.1 Å². The summed E-state index contributed by atoms with van der Waals surface area (Å²) in [6.45, 7) is 6.60. The molecule has 1 aromatic rings. The summed E-state index contributed by atoms with van der Waals surface area (Å²) >= 11 is 0. The Morgan fingerprint density at radius 3 is 2.83 bits per heavy atom. The van der Waals surface area contributed by atoms with Crippen molar-refractivity contribution in [3.63, 3.8) is 0 Å². The van der Waals surface area contributed by atoms with E-state index in [-0.39, 0.29) is 12.7 Å². The first-order chi connectivity index (χ1) is 8.81. The number of hydrogen-bond donors (Lipinski definition) is 1. The number of aliphatic hydroxyl groups is 1. The highest BCUT2D eigenvalue weighted by molar-refractivity contribution is 5.26. The molecular weight excluding hydrogens is 230 g/mol. The first kappa shape index (κ1) is 13.3. The lowest BCUT2D eigenvalue weighted by Gasteiger charge is -2.31. The Morgan fingerprint density at radius 2 is 2.17 bits per heavy atom. The summed E-state index contributed by atoms with van der Waals surface area (Å²) in [4.78, 5) is 2.37. The molecule has 0 bridgehead atoms. The van der Waals surface area contributed by atoms with Crippen molar-refractivity contribution >= 4 is 0 Å². The molecule has 100 valence electrons. The van der Waals surface area contributed by atoms with Crippen molar-refractivity contribution in [3.8, 4) is 5.75 Å². The average molecular weight is 251 g/mol. The predicted molar refractivity (Wildman–Crippen MR) is 69.7 cm³/mol. The Kier molecular flexibility index (Phi) is 4.99. The zero-order valence-electron chi connectivity index (χ0n) is 10.8. The molecule has 1 unspecified atom stereocenters. The van der Waals surface area contributed by atoms with Gasteiger partial charge in [-0.3, -0.25) is 4.90 Å². The summed E-state index contributed by atoms with van der Waals surface area (Å²) in [5.74, 6) is 0.824. The fourth-order valence-electron chi connectivity index (χ4n) is 2.05. The van der Waals surface area contributed by atoms with E-state index in [1.165, 1.54) is 0 Å². The van der Waals surface area contributed by atoms with E-state index >= 15 is 0 Å². The highest BCUT2D eigenvalue weighted by Gasteiger charge is 2.19. The van der Waals surface area contributed by atoms with Crippen molar-refractivity contribution in [1.29, 1.82) is 0 Å². The van der Waals surface area contributed by atoms with Gasteiger partial charge < -0.3 is 14.6 Å². The van der Waals surface area contributed by atoms with Crippen LogP contribution in [0.2, 0.25) is 0 Å². The minimum atomic E-state index is 0.0669. The van der Waals surface area contributed by atoms with E-state index in [1.807, 2.05) is 24.3 Å². The van der Waals surface area contributed by atoms with Crippen LogP contribution in [0.4, 0.5) is 0 Å². The molecule has 1 heterocycles. The van der Waals surface area contributed by atoms with E-state index in [0.29, 0.717) is 6.61 Å². The van der Waals surface area contributed by atoms with Crippen molar-refractivity contribution in [2.45, 2.75) is 19.6 Å². The van der Waals surface area contributed by atoms with Gasteiger partial charge in [0.1, 0.15) is 18.5 Å². The van der Waals surface area contributed by atoms with Gasteiger partial charge in [-0.25, -0.2) is 0 Å². The molecule has 2 rings (SSSR count). The van der Waals surface area contributed by atoms with Crippen LogP contribution in [0.1, 0.15) is 12.5 Å². The van der Waals surface area contributed by atoms with Crippen LogP contribution in [0.5, 0.6) is 5.75 Å². The highest BCUT2D eigenvalue weighted by Crippen LogP contribution is 2.14. The molecule has 1 N–H and O–H groups in total. The largest absolute Gasteiger partial charge is 0.491 e. The van der Waals surface area contributed by atoms with Crippen LogP contribution in [0, 0.1) is 0 Å². The van der Waals surface area contributed by atoms with Gasteiger partial charge in [-0.05, 0) is 24.2 Å². The van der Waals surface area contributed by atoms with Gasteiger partial charge in [0.15, 0.2) is 0 Å². The third-order valence-electron chi connectivity index (χ3n) is 3.21. The molecular formula is C14H21NO3. The Morgan fingerprint density at radius 1 is 1.39 bits per heavy atom. The number of nitrogens with zero attached hydrogens (tertiary/aromatic N) is 1. The molecule has 4 nitrogen and oxygen atoms in total. The number of hydrogen-bond acceptors (Lipinski definition) is 4. The van der Waals surface area contributed by atoms with E-state index in [0.717, 1.165) is 37.6 Å². The molecule has 0 radical (unpaired) electrons. The van der Waals surface area contributed by atoms with Gasteiger partial charge in [0.25, 0.3) is 0 Å². The number of morpholine rings is 1. The minimum Gasteiger partial charge on any atom is -0.491 e. The third-order valence-corrected chi connectivity index (χ3v) is 3.21. The van der Waals surface area contributed by atoms with Crippen molar-refractivity contribution in [2.75, 3.05) is 32.8 Å². The SMILES string of the molecule is CCN1CCOC(COc2ccc(CO)cc2)C1. The van der Waals surface area contributed by atoms with Gasteiger partial charge in [0.2, 0.25) is 0 Å². The minimum absolute atomic E-state index is 0.0669. The first-order valence-corrected chi connectivity index (χ1v) is 6.48. The Balaban J connectivity index is 1.79. The maximum absolute atomic E-state index is 8.95. The lowest BCUT2D eigenvalue weighted by molar-refractivity contribution is -0.0464. The molecule has 1 aromatic carbocycles. The molecule has 0 aliphatic carbocycles. The molecule has 1 fully saturated rings. The quantitative estimate of drug-likeness (QED) is 0.856. The molecule has 18 heavy (non-hydrogen) atoms. The molecule has 0 aromatic heterocycles. The zero-order chi connectivity index (χ0) is 12.8. The summed E-state index contributed by atoms with van der Waals surface area (Å²) in [6.07, 6.45) is 0.149. The van der Waals surface area contributed by atoms with Gasteiger partial charge in [-0.2, -0.15) is 0 Å². The number of likely N-dealkylation sites (N-methyl/N-ethyl adjacent to an activating group) is 1. The Hall–Kier alpha value is -1.10. The van der Waals surface area contributed by atoms with E-state index in [4.69, 9.17) is 14.6 Å². The Bertz CT molecular complexity index is 353. The van der Waals surface area contributed by atoms with Crippen molar-refractivity contribution in [2.24, 2.45) is 0 Å². The second-order valence-corrected chi connectivity index (χ2v) is 4.50. The van der Waals surface area contributed by atoms with Crippen molar-refractivity contribution in [1.82, 2.24) is 4.90 Å². The standard InChI is InChI=1S/C14H21NO3/c1-2-15-7-8-17-14(9-15)11-18-13-5-3-12(10-16)4-6-13/h3-6,14,16H,2,7-11H2,1H3. The maximum Gasteiger partial charge on any atom is 0.119 e. The van der Waals surface area contributed by atoms with Crippen LogP contribution >= 0.6 is 0 Å². The molecule has 0 spiro atoms. The maximum atomic E-state index is 8.95. The van der Waals surface area contributed by atoms with Crippen molar-refractivity contribution < 1.29 is 14.6 Å². The summed E-state index contributed by atoms with van der Waals surface area (Å²) in [5, 5.41) is 8.95. The number of ether oxygens (including phenoxy) is 2. The van der Waals surface area contributed by atoms with E-state index < -0.39 is 0 Å². The Labute approximate surface area is 108 Å². The predicted octanol–water partition coefficient (Wildman–Crippen LogP) is 1.28. The highest BCUT2D eigenvalue weighted by atomic mass is 16.5. The third kappa shape index (κ3) is 3.70. The van der Waals surface area contributed by atoms with Gasteiger partial charge >= 0.3 is 0 Å². The summed E-state index contributed by atoms with van der Waals surface area (Å²) < 4.78 is 11.4. The van der Waals surface area contributed by atoms with E-state index in [9.17, 15) is 0 Å². The number of rotatable bonds is 5. The van der Waals surface area contributed by atoms with Crippen LogP contribution in [0.3, 0.4) is 0 Å². The second-order valence-electron chi connectivity index (χ2n) is 4.50. The van der Waals surface area contributed by atoms with Crippen LogP contribution in [0.25, 0.3) is 0 Å². The second kappa shape index (κ2) is 6.73. The molecule has 0 amide bonds. The van der Waals surface area contributed by atoms with Crippen LogP contribution in [0.15, 0.2) is 24.3 Å². The summed E-state index contributed by atoms with van der Waals surface area (Å²) in [6, 6.07) is 7.50. The number of benzene rings is 1. The lowest BCUT2D eigenvalue weighted by atomic mass is 10.2. The van der Waals surface area contributed by atoms with E-state index in [1.54, 1.807) is 0 Å². The van der Waals surface area contributed by atoms with Crippen LogP contribution < -0.4 is 4.74 Å². The van der Waals surface area contributed by atoms with E-state index in [2.05, 4.69) is 11.8 Å². The van der Waals surface area contributed by atoms with Gasteiger partial charge in [0, 0.05) is 13.1 Å². The molecule has 0 saturated carbocycles. The molecule has 1 atom stereocenters. The van der Waals surface area contributed by atoms with Gasteiger partial charge in [0.05, 0.1) is 13.2 Å². The summed E-state index contributed by atoms with van der Waals surface area (Å²) in [5.41, 5.74) is 0.897. The monoisotopic (exact) mass is 251 g/mol. The first-order valence-electron chi connectivity index (χ1n) is 6.48. The fraction of sp³-hybridized carbons (Fsp3) is 0.571. The normalized spacial score (nSPS) is 20.9. The molecule has 1 aliphatic heterocycles. The fourth-order valence-corrected chi connectivity index (χ4v) is 2.05. The summed E-state index contributed by atoms with van der Waals surface area (Å²) in [7, 11) is 0. The zero-order valence-corrected chi connectivity index (χ0v) is 10.8. The van der Waals surface area contributed by atoms with Gasteiger partial charge in [-0.15, -0.1) is 0 Å². The topological polar surface area (TPSA) is 41.9 Å². The molecule has 1 aliphatic rings. The van der Waals surface area contributed by atoms with Crippen LogP contribution in [-0.4, -0.2) is 49.0 Å². The molecule has 1 saturated heterocycles. The average Bonchev–Trinajstić information content (AvgIpc) is 2.46. The lowest BCUT2D eigenvalue weighted by Crippen LogP contribution is -2.44. The van der Waals surface area contributed by atoms with Crippen LogP contribution in [-0.2, 0) is 11.3 Å². The van der Waals surface area contributed by atoms with Crippen molar-refractivity contribution in [3.05, 3.63) is 29.8 Å². The number of aliphatic hydroxyl groups excluding tert-OH is 1. The smallest absolute Gasteiger partial charge is 0.119 e.